The normalized spacial score (nSPS) is 10.8. The van der Waals surface area contributed by atoms with Gasteiger partial charge in [-0.1, -0.05) is 36.4 Å². The maximum absolute atomic E-state index is 5.16. The minimum absolute atomic E-state index is 0. The van der Waals surface area contributed by atoms with Gasteiger partial charge in [0.25, 0.3) is 0 Å². The summed E-state index contributed by atoms with van der Waals surface area (Å²) in [5.74, 6) is 5.16. The lowest BCUT2D eigenvalue weighted by atomic mass is 10.1. The van der Waals surface area contributed by atoms with Gasteiger partial charge in [0.15, 0.2) is 0 Å². The molecule has 3 heteroatoms. The minimum atomic E-state index is 0. The molecule has 0 aliphatic carbocycles. The van der Waals surface area contributed by atoms with Gasteiger partial charge < -0.3 is 0 Å². The fourth-order valence-corrected chi connectivity index (χ4v) is 1.03. The van der Waals surface area contributed by atoms with Crippen LogP contribution in [0, 0.1) is 0 Å². The van der Waals surface area contributed by atoms with Crippen LogP contribution in [0.25, 0.3) is 5.57 Å². The molecule has 0 heterocycles. The van der Waals surface area contributed by atoms with Crippen LogP contribution in [0.3, 0.4) is 0 Å². The third-order valence-electron chi connectivity index (χ3n) is 1.76. The summed E-state index contributed by atoms with van der Waals surface area (Å²) in [5, 5.41) is 0. The van der Waals surface area contributed by atoms with Crippen molar-refractivity contribution in [2.24, 2.45) is 5.84 Å². The molecule has 0 amide bonds. The van der Waals surface area contributed by atoms with E-state index in [9.17, 15) is 0 Å². The molecule has 72 valence electrons. The Balaban J connectivity index is 0.00000144. The molecule has 0 unspecified atom stereocenters. The summed E-state index contributed by atoms with van der Waals surface area (Å²) in [5.41, 5.74) is 5.08. The van der Waals surface area contributed by atoms with Gasteiger partial charge in [-0.2, -0.15) is 0 Å². The first-order valence-corrected chi connectivity index (χ1v) is 4.00. The van der Waals surface area contributed by atoms with E-state index in [1.165, 1.54) is 11.1 Å². The number of halogens is 1. The smallest absolute Gasteiger partial charge is 0.0284 e. The van der Waals surface area contributed by atoms with E-state index in [0.717, 1.165) is 0 Å². The molecule has 0 bridgehead atoms. The van der Waals surface area contributed by atoms with Crippen molar-refractivity contribution in [3.63, 3.8) is 0 Å². The molecule has 1 aromatic rings. The van der Waals surface area contributed by atoms with Crippen molar-refractivity contribution in [2.75, 3.05) is 6.54 Å². The summed E-state index contributed by atoms with van der Waals surface area (Å²) in [4.78, 5) is 0. The molecule has 1 aromatic carbocycles. The third kappa shape index (κ3) is 4.08. The summed E-state index contributed by atoms with van der Waals surface area (Å²) >= 11 is 0. The number of rotatable bonds is 3. The molecule has 0 aliphatic rings. The van der Waals surface area contributed by atoms with Gasteiger partial charge in [-0.05, 0) is 18.1 Å². The molecule has 0 saturated carbocycles. The van der Waals surface area contributed by atoms with Crippen LogP contribution in [0.15, 0.2) is 36.4 Å². The standard InChI is InChI=1S/C10H14N2.ClH/c1-9(7-8-12-11)10-5-3-2-4-6-10;/h2-7,12H,8,11H2,1H3;1H. The second-order valence-corrected chi connectivity index (χ2v) is 2.66. The van der Waals surface area contributed by atoms with E-state index < -0.39 is 0 Å². The third-order valence-corrected chi connectivity index (χ3v) is 1.76. The highest BCUT2D eigenvalue weighted by Gasteiger charge is 1.91. The number of hydrogen-bond donors (Lipinski definition) is 2. The molecule has 0 atom stereocenters. The monoisotopic (exact) mass is 198 g/mol. The van der Waals surface area contributed by atoms with Crippen LogP contribution < -0.4 is 11.3 Å². The lowest BCUT2D eigenvalue weighted by Gasteiger charge is -2.00. The largest absolute Gasteiger partial charge is 0.271 e. The number of nitrogens with one attached hydrogen (secondary N) is 1. The van der Waals surface area contributed by atoms with E-state index in [1.807, 2.05) is 18.2 Å². The van der Waals surface area contributed by atoms with Crippen molar-refractivity contribution in [1.82, 2.24) is 5.43 Å². The van der Waals surface area contributed by atoms with Crippen LogP contribution in [0.4, 0.5) is 0 Å². The average molecular weight is 199 g/mol. The Labute approximate surface area is 85.2 Å². The highest BCUT2D eigenvalue weighted by Crippen LogP contribution is 2.11. The molecule has 3 N–H and O–H groups in total. The number of allylic oxidation sites excluding steroid dienone is 1. The first-order valence-electron chi connectivity index (χ1n) is 4.00. The van der Waals surface area contributed by atoms with Gasteiger partial charge in [0.1, 0.15) is 0 Å². The first kappa shape index (κ1) is 12.2. The van der Waals surface area contributed by atoms with Gasteiger partial charge in [-0.25, -0.2) is 0 Å². The van der Waals surface area contributed by atoms with Gasteiger partial charge in [0, 0.05) is 6.54 Å². The summed E-state index contributed by atoms with van der Waals surface area (Å²) in [6, 6.07) is 10.2. The van der Waals surface area contributed by atoms with Crippen molar-refractivity contribution in [3.8, 4) is 0 Å². The van der Waals surface area contributed by atoms with Crippen LogP contribution in [-0.2, 0) is 0 Å². The van der Waals surface area contributed by atoms with Crippen LogP contribution in [0.5, 0.6) is 0 Å². The van der Waals surface area contributed by atoms with Crippen LogP contribution in [-0.4, -0.2) is 6.54 Å². The van der Waals surface area contributed by atoms with Gasteiger partial charge in [0.05, 0.1) is 0 Å². The van der Waals surface area contributed by atoms with E-state index in [-0.39, 0.29) is 12.4 Å². The number of nitrogens with two attached hydrogens (primary N) is 1. The van der Waals surface area contributed by atoms with E-state index in [4.69, 9.17) is 5.84 Å². The van der Waals surface area contributed by atoms with Crippen molar-refractivity contribution in [2.45, 2.75) is 6.92 Å². The molecule has 0 fully saturated rings. The first-order chi connectivity index (χ1) is 5.84. The zero-order valence-corrected chi connectivity index (χ0v) is 8.47. The molecule has 1 rings (SSSR count). The molecular formula is C10H15ClN2. The van der Waals surface area contributed by atoms with Gasteiger partial charge in [-0.15, -0.1) is 12.4 Å². The molecular weight excluding hydrogens is 184 g/mol. The Morgan fingerprint density at radius 3 is 2.54 bits per heavy atom. The van der Waals surface area contributed by atoms with Gasteiger partial charge in [0.2, 0.25) is 0 Å². The quantitative estimate of drug-likeness (QED) is 0.576. The van der Waals surface area contributed by atoms with E-state index in [0.29, 0.717) is 6.54 Å². The molecule has 0 saturated heterocycles. The highest BCUT2D eigenvalue weighted by molar-refractivity contribution is 5.85. The summed E-state index contributed by atoms with van der Waals surface area (Å²) in [6.45, 7) is 2.79. The van der Waals surface area contributed by atoms with E-state index in [2.05, 4.69) is 30.6 Å². The zero-order valence-electron chi connectivity index (χ0n) is 7.66. The van der Waals surface area contributed by atoms with Gasteiger partial charge >= 0.3 is 0 Å². The summed E-state index contributed by atoms with van der Waals surface area (Å²) in [6.07, 6.45) is 2.06. The predicted octanol–water partition coefficient (Wildman–Crippen LogP) is 1.98. The Kier molecular flexibility index (Phi) is 6.24. The second-order valence-electron chi connectivity index (χ2n) is 2.66. The molecule has 2 nitrogen and oxygen atoms in total. The summed E-state index contributed by atoms with van der Waals surface area (Å²) in [7, 11) is 0. The van der Waals surface area contributed by atoms with Gasteiger partial charge in [-0.3, -0.25) is 11.3 Å². The molecule has 0 aliphatic heterocycles. The number of benzene rings is 1. The molecule has 0 spiro atoms. The molecule has 13 heavy (non-hydrogen) atoms. The number of hydrazine groups is 1. The fraction of sp³-hybridized carbons (Fsp3) is 0.200. The van der Waals surface area contributed by atoms with Crippen LogP contribution >= 0.6 is 12.4 Å². The average Bonchev–Trinajstić information content (AvgIpc) is 2.15. The Morgan fingerprint density at radius 1 is 1.38 bits per heavy atom. The van der Waals surface area contributed by atoms with Crippen LogP contribution in [0.2, 0.25) is 0 Å². The molecule has 0 aromatic heterocycles. The minimum Gasteiger partial charge on any atom is -0.271 e. The predicted molar refractivity (Wildman–Crippen MR) is 59.5 cm³/mol. The van der Waals surface area contributed by atoms with Crippen LogP contribution in [0.1, 0.15) is 12.5 Å². The molecule has 0 radical (unpaired) electrons. The van der Waals surface area contributed by atoms with Crippen molar-refractivity contribution < 1.29 is 0 Å². The second kappa shape index (κ2) is 6.66. The Morgan fingerprint density at radius 2 is 2.00 bits per heavy atom. The lowest BCUT2D eigenvalue weighted by molar-refractivity contribution is 0.824. The Bertz CT molecular complexity index is 257. The number of hydrogen-bond acceptors (Lipinski definition) is 2. The SMILES string of the molecule is CC(=CCNN)c1ccccc1.Cl. The Hall–Kier alpha value is -0.830. The van der Waals surface area contributed by atoms with E-state index >= 15 is 0 Å². The maximum Gasteiger partial charge on any atom is 0.0284 e. The lowest BCUT2D eigenvalue weighted by Crippen LogP contribution is -2.21. The topological polar surface area (TPSA) is 38.0 Å². The fourth-order valence-electron chi connectivity index (χ4n) is 1.03. The maximum atomic E-state index is 5.16. The van der Waals surface area contributed by atoms with Crippen molar-refractivity contribution in [1.29, 1.82) is 0 Å². The summed E-state index contributed by atoms with van der Waals surface area (Å²) < 4.78 is 0. The zero-order chi connectivity index (χ0) is 8.81. The van der Waals surface area contributed by atoms with Crippen molar-refractivity contribution >= 4 is 18.0 Å². The van der Waals surface area contributed by atoms with E-state index in [1.54, 1.807) is 0 Å². The van der Waals surface area contributed by atoms with Crippen molar-refractivity contribution in [3.05, 3.63) is 42.0 Å². The highest BCUT2D eigenvalue weighted by atomic mass is 35.5.